The second-order valence-corrected chi connectivity index (χ2v) is 6.51. The van der Waals surface area contributed by atoms with Crippen LogP contribution in [0.15, 0.2) is 65.6 Å². The maximum atomic E-state index is 12.9. The molecular formula is C21H14F3NO2. The summed E-state index contributed by atoms with van der Waals surface area (Å²) in [7, 11) is 0. The third-order valence-corrected chi connectivity index (χ3v) is 4.75. The van der Waals surface area contributed by atoms with Gasteiger partial charge >= 0.3 is 6.18 Å². The van der Waals surface area contributed by atoms with Crippen molar-refractivity contribution in [1.29, 1.82) is 0 Å². The van der Waals surface area contributed by atoms with Crippen LogP contribution in [0.3, 0.4) is 0 Å². The van der Waals surface area contributed by atoms with Crippen LogP contribution in [0.1, 0.15) is 27.0 Å². The largest absolute Gasteiger partial charge is 0.417 e. The summed E-state index contributed by atoms with van der Waals surface area (Å²) >= 11 is 0. The van der Waals surface area contributed by atoms with Crippen molar-refractivity contribution in [2.75, 3.05) is 0 Å². The van der Waals surface area contributed by atoms with E-state index in [2.05, 4.69) is 0 Å². The lowest BCUT2D eigenvalue weighted by molar-refractivity contribution is -0.138. The Balaban J connectivity index is 1.65. The highest BCUT2D eigenvalue weighted by atomic mass is 19.4. The molecule has 4 rings (SSSR count). The van der Waals surface area contributed by atoms with E-state index in [9.17, 15) is 22.8 Å². The number of fused-ring (bicyclic) bond motifs is 3. The molecule has 3 aromatic rings. The Morgan fingerprint density at radius 3 is 2.48 bits per heavy atom. The summed E-state index contributed by atoms with van der Waals surface area (Å²) in [6, 6.07) is 14.7. The third-order valence-electron chi connectivity index (χ3n) is 4.75. The van der Waals surface area contributed by atoms with Crippen molar-refractivity contribution in [2.24, 2.45) is 0 Å². The number of pyridine rings is 1. The minimum absolute atomic E-state index is 0.370. The van der Waals surface area contributed by atoms with Crippen LogP contribution in [-0.4, -0.2) is 10.4 Å². The van der Waals surface area contributed by atoms with Gasteiger partial charge in [0, 0.05) is 17.8 Å². The lowest BCUT2D eigenvalue weighted by atomic mass is 10.0. The number of aromatic nitrogens is 1. The SMILES string of the molecule is O=C(Cn1cc(C(F)(F)F)ccc1=O)c1ccc2c(c1)-c1ccccc1C2. The van der Waals surface area contributed by atoms with Gasteiger partial charge < -0.3 is 4.57 Å². The zero-order chi connectivity index (χ0) is 19.2. The van der Waals surface area contributed by atoms with Gasteiger partial charge in [0.05, 0.1) is 12.1 Å². The number of hydrogen-bond acceptors (Lipinski definition) is 2. The van der Waals surface area contributed by atoms with Crippen LogP contribution in [0.2, 0.25) is 0 Å². The molecule has 0 spiro atoms. The molecule has 1 aromatic heterocycles. The van der Waals surface area contributed by atoms with Crippen LogP contribution < -0.4 is 5.56 Å². The van der Waals surface area contributed by atoms with E-state index in [4.69, 9.17) is 0 Å². The fraction of sp³-hybridized carbons (Fsp3) is 0.143. The highest BCUT2D eigenvalue weighted by molar-refractivity contribution is 5.98. The van der Waals surface area contributed by atoms with Crippen molar-refractivity contribution in [3.63, 3.8) is 0 Å². The van der Waals surface area contributed by atoms with Crippen molar-refractivity contribution in [2.45, 2.75) is 19.1 Å². The molecular weight excluding hydrogens is 355 g/mol. The fourth-order valence-electron chi connectivity index (χ4n) is 3.37. The number of nitrogens with zero attached hydrogens (tertiary/aromatic N) is 1. The summed E-state index contributed by atoms with van der Waals surface area (Å²) in [5.74, 6) is -0.413. The van der Waals surface area contributed by atoms with Gasteiger partial charge in [-0.15, -0.1) is 0 Å². The Morgan fingerprint density at radius 2 is 1.70 bits per heavy atom. The topological polar surface area (TPSA) is 39.1 Å². The first-order valence-corrected chi connectivity index (χ1v) is 8.35. The van der Waals surface area contributed by atoms with Crippen LogP contribution in [0.4, 0.5) is 13.2 Å². The Morgan fingerprint density at radius 1 is 0.963 bits per heavy atom. The molecule has 0 radical (unpaired) electrons. The van der Waals surface area contributed by atoms with Gasteiger partial charge in [-0.05, 0) is 40.8 Å². The lowest BCUT2D eigenvalue weighted by Gasteiger charge is -2.11. The lowest BCUT2D eigenvalue weighted by Crippen LogP contribution is -2.25. The van der Waals surface area contributed by atoms with Gasteiger partial charge in [0.15, 0.2) is 5.78 Å². The van der Waals surface area contributed by atoms with Crippen LogP contribution in [0, 0.1) is 0 Å². The number of alkyl halides is 3. The Labute approximate surface area is 152 Å². The molecule has 1 heterocycles. The molecule has 0 saturated heterocycles. The first-order chi connectivity index (χ1) is 12.8. The van der Waals surface area contributed by atoms with E-state index in [1.807, 2.05) is 30.3 Å². The number of hydrogen-bond donors (Lipinski definition) is 0. The van der Waals surface area contributed by atoms with Crippen LogP contribution in [-0.2, 0) is 19.1 Å². The average molecular weight is 369 g/mol. The smallest absolute Gasteiger partial charge is 0.307 e. The van der Waals surface area contributed by atoms with E-state index < -0.39 is 29.6 Å². The number of halogens is 3. The van der Waals surface area contributed by atoms with Crippen LogP contribution in [0.5, 0.6) is 0 Å². The molecule has 0 saturated carbocycles. The summed E-state index contributed by atoms with van der Waals surface area (Å²) in [5, 5.41) is 0. The second kappa shape index (κ2) is 6.23. The maximum absolute atomic E-state index is 12.9. The zero-order valence-corrected chi connectivity index (χ0v) is 14.1. The van der Waals surface area contributed by atoms with E-state index in [-0.39, 0.29) is 0 Å². The number of Topliss-reactive ketones (excluding diaryl/α,β-unsaturated/α-hetero) is 1. The number of rotatable bonds is 3. The molecule has 0 aliphatic heterocycles. The molecule has 1 aliphatic rings. The predicted molar refractivity (Wildman–Crippen MR) is 94.7 cm³/mol. The zero-order valence-electron chi connectivity index (χ0n) is 14.1. The number of benzene rings is 2. The third kappa shape index (κ3) is 3.18. The van der Waals surface area contributed by atoms with Gasteiger partial charge in [0.2, 0.25) is 0 Å². The highest BCUT2D eigenvalue weighted by Crippen LogP contribution is 2.37. The molecule has 0 N–H and O–H groups in total. The van der Waals surface area contributed by atoms with E-state index >= 15 is 0 Å². The molecule has 136 valence electrons. The molecule has 0 atom stereocenters. The molecule has 2 aromatic carbocycles. The van der Waals surface area contributed by atoms with E-state index in [0.29, 0.717) is 11.8 Å². The van der Waals surface area contributed by atoms with Crippen molar-refractivity contribution >= 4 is 5.78 Å². The predicted octanol–water partition coefficient (Wildman–Crippen LogP) is 4.32. The molecule has 1 aliphatic carbocycles. The van der Waals surface area contributed by atoms with Gasteiger partial charge in [0.1, 0.15) is 0 Å². The Kier molecular flexibility index (Phi) is 3.98. The second-order valence-electron chi connectivity index (χ2n) is 6.51. The summed E-state index contributed by atoms with van der Waals surface area (Å²) in [6.45, 7) is -0.441. The van der Waals surface area contributed by atoms with E-state index in [1.165, 1.54) is 5.56 Å². The molecule has 0 amide bonds. The monoisotopic (exact) mass is 369 g/mol. The minimum atomic E-state index is -4.57. The highest BCUT2D eigenvalue weighted by Gasteiger charge is 2.31. The fourth-order valence-corrected chi connectivity index (χ4v) is 3.37. The molecule has 0 fully saturated rings. The van der Waals surface area contributed by atoms with Crippen molar-refractivity contribution < 1.29 is 18.0 Å². The summed E-state index contributed by atoms with van der Waals surface area (Å²) in [6.07, 6.45) is -3.11. The van der Waals surface area contributed by atoms with Gasteiger partial charge in [-0.1, -0.05) is 36.4 Å². The quantitative estimate of drug-likeness (QED) is 0.505. The van der Waals surface area contributed by atoms with Gasteiger partial charge in [-0.3, -0.25) is 9.59 Å². The maximum Gasteiger partial charge on any atom is 0.417 e. The van der Waals surface area contributed by atoms with E-state index in [1.54, 1.807) is 12.1 Å². The van der Waals surface area contributed by atoms with Gasteiger partial charge in [-0.2, -0.15) is 13.2 Å². The minimum Gasteiger partial charge on any atom is -0.307 e. The van der Waals surface area contributed by atoms with Crippen molar-refractivity contribution in [3.8, 4) is 11.1 Å². The Hall–Kier alpha value is -3.15. The summed E-state index contributed by atoms with van der Waals surface area (Å²) in [4.78, 5) is 24.5. The number of carbonyl (C=O) groups excluding carboxylic acids is 1. The molecule has 3 nitrogen and oxygen atoms in total. The average Bonchev–Trinajstić information content (AvgIpc) is 3.00. The summed E-state index contributed by atoms with van der Waals surface area (Å²) in [5.41, 5.74) is 3.04. The van der Waals surface area contributed by atoms with Gasteiger partial charge in [0.25, 0.3) is 5.56 Å². The summed E-state index contributed by atoms with van der Waals surface area (Å²) < 4.78 is 39.3. The van der Waals surface area contributed by atoms with Crippen molar-refractivity contribution in [1.82, 2.24) is 4.57 Å². The van der Waals surface area contributed by atoms with Crippen molar-refractivity contribution in [3.05, 3.63) is 93.4 Å². The molecule has 27 heavy (non-hydrogen) atoms. The molecule has 0 unspecified atom stereocenters. The number of ketones is 1. The first-order valence-electron chi connectivity index (χ1n) is 8.35. The van der Waals surface area contributed by atoms with Crippen LogP contribution in [0.25, 0.3) is 11.1 Å². The molecule has 6 heteroatoms. The molecule has 0 bridgehead atoms. The van der Waals surface area contributed by atoms with Gasteiger partial charge in [-0.25, -0.2) is 0 Å². The first kappa shape index (κ1) is 17.3. The van der Waals surface area contributed by atoms with Crippen LogP contribution >= 0.6 is 0 Å². The number of carbonyl (C=O) groups is 1. The van der Waals surface area contributed by atoms with E-state index in [0.717, 1.165) is 39.8 Å². The Bertz CT molecular complexity index is 1110. The standard InChI is InChI=1S/C21H14F3NO2/c22-21(23,24)16-7-8-20(27)25(11-16)12-19(26)15-6-5-14-9-13-3-1-2-4-17(13)18(14)10-15/h1-8,10-11H,9,12H2. The normalized spacial score (nSPS) is 12.6.